The highest BCUT2D eigenvalue weighted by Crippen LogP contribution is 2.27. The lowest BCUT2D eigenvalue weighted by Crippen LogP contribution is -2.10. The fourth-order valence-corrected chi connectivity index (χ4v) is 4.35. The molecule has 0 aliphatic rings. The second-order valence-electron chi connectivity index (χ2n) is 8.02. The molecule has 3 nitrogen and oxygen atoms in total. The zero-order valence-corrected chi connectivity index (χ0v) is 17.9. The van der Waals surface area contributed by atoms with Crippen LogP contribution in [0.1, 0.15) is 11.4 Å². The van der Waals surface area contributed by atoms with Crippen LogP contribution in [0.5, 0.6) is 0 Å². The highest BCUT2D eigenvalue weighted by Gasteiger charge is 2.06. The third kappa shape index (κ3) is 3.70. The van der Waals surface area contributed by atoms with Gasteiger partial charge in [0.1, 0.15) is 0 Å². The summed E-state index contributed by atoms with van der Waals surface area (Å²) in [6, 6.07) is 35.3. The average molecular weight is 424 g/mol. The van der Waals surface area contributed by atoms with Crippen molar-refractivity contribution in [2.24, 2.45) is 0 Å². The zero-order valence-electron chi connectivity index (χ0n) is 17.9. The molecule has 156 valence electrons. The van der Waals surface area contributed by atoms with Gasteiger partial charge in [-0.25, -0.2) is 4.98 Å². The van der Waals surface area contributed by atoms with Gasteiger partial charge >= 0.3 is 0 Å². The molecule has 0 amide bonds. The average Bonchev–Trinajstić information content (AvgIpc) is 3.21. The molecule has 3 aromatic heterocycles. The molecule has 33 heavy (non-hydrogen) atoms. The van der Waals surface area contributed by atoms with E-state index in [4.69, 9.17) is 4.98 Å². The van der Waals surface area contributed by atoms with Gasteiger partial charge in [-0.3, -0.25) is 4.98 Å². The molecule has 0 saturated carbocycles. The normalized spacial score (nSPS) is 12.6. The van der Waals surface area contributed by atoms with E-state index in [2.05, 4.69) is 101 Å². The van der Waals surface area contributed by atoms with Crippen LogP contribution in [-0.4, -0.2) is 15.0 Å². The second-order valence-corrected chi connectivity index (χ2v) is 8.02. The number of rotatable bonds is 3. The molecule has 0 aliphatic carbocycles. The first kappa shape index (κ1) is 19.2. The molecular formula is C30H21N3. The molecular weight excluding hydrogens is 402 g/mol. The van der Waals surface area contributed by atoms with Gasteiger partial charge in [-0.2, -0.15) is 0 Å². The molecule has 3 aromatic carbocycles. The number of hydrogen-bond acceptors (Lipinski definition) is 2. The number of aromatic amines is 1. The van der Waals surface area contributed by atoms with Crippen LogP contribution in [0.3, 0.4) is 0 Å². The number of nitrogens with one attached hydrogen (secondary N) is 1. The van der Waals surface area contributed by atoms with Crippen molar-refractivity contribution in [3.63, 3.8) is 0 Å². The van der Waals surface area contributed by atoms with E-state index in [-0.39, 0.29) is 0 Å². The lowest BCUT2D eigenvalue weighted by molar-refractivity contribution is 1.24. The summed E-state index contributed by atoms with van der Waals surface area (Å²) in [6.07, 6.45) is 6.01. The molecule has 6 rings (SSSR count). The van der Waals surface area contributed by atoms with Crippen molar-refractivity contribution in [2.75, 3.05) is 0 Å². The van der Waals surface area contributed by atoms with E-state index in [9.17, 15) is 0 Å². The predicted octanol–water partition coefficient (Wildman–Crippen LogP) is 5.44. The second kappa shape index (κ2) is 8.21. The third-order valence-electron chi connectivity index (χ3n) is 5.89. The Morgan fingerprint density at radius 3 is 1.97 bits per heavy atom. The molecule has 1 N–H and O–H groups in total. The van der Waals surface area contributed by atoms with Gasteiger partial charge in [-0.15, -0.1) is 0 Å². The van der Waals surface area contributed by atoms with E-state index in [1.54, 1.807) is 0 Å². The number of aromatic nitrogens is 3. The van der Waals surface area contributed by atoms with E-state index in [1.807, 2.05) is 30.5 Å². The van der Waals surface area contributed by atoms with Gasteiger partial charge in [0.15, 0.2) is 0 Å². The minimum absolute atomic E-state index is 0.914. The lowest BCUT2D eigenvalue weighted by Gasteiger charge is -2.06. The van der Waals surface area contributed by atoms with Gasteiger partial charge < -0.3 is 4.98 Å². The molecule has 0 bridgehead atoms. The summed E-state index contributed by atoms with van der Waals surface area (Å²) in [4.78, 5) is 13.0. The summed E-state index contributed by atoms with van der Waals surface area (Å²) < 4.78 is 0. The van der Waals surface area contributed by atoms with Crippen molar-refractivity contribution in [3.8, 4) is 11.3 Å². The van der Waals surface area contributed by atoms with E-state index in [1.165, 1.54) is 16.2 Å². The van der Waals surface area contributed by atoms with E-state index in [0.29, 0.717) is 0 Å². The van der Waals surface area contributed by atoms with Crippen molar-refractivity contribution < 1.29 is 0 Å². The predicted molar refractivity (Wildman–Crippen MR) is 136 cm³/mol. The third-order valence-corrected chi connectivity index (χ3v) is 5.89. The molecule has 3 heterocycles. The van der Waals surface area contributed by atoms with Gasteiger partial charge in [0, 0.05) is 33.2 Å². The monoisotopic (exact) mass is 423 g/mol. The molecule has 0 aliphatic heterocycles. The van der Waals surface area contributed by atoms with Crippen LogP contribution < -0.4 is 10.7 Å². The fraction of sp³-hybridized carbons (Fsp3) is 0. The zero-order chi connectivity index (χ0) is 22.0. The highest BCUT2D eigenvalue weighted by atomic mass is 14.7. The molecule has 0 atom stereocenters. The maximum absolute atomic E-state index is 4.99. The Morgan fingerprint density at radius 1 is 0.545 bits per heavy atom. The van der Waals surface area contributed by atoms with Crippen molar-refractivity contribution in [3.05, 3.63) is 131 Å². The summed E-state index contributed by atoms with van der Waals surface area (Å²) in [7, 11) is 0. The van der Waals surface area contributed by atoms with Crippen LogP contribution in [0, 0.1) is 0 Å². The lowest BCUT2D eigenvalue weighted by atomic mass is 10.0. The Morgan fingerprint density at radius 2 is 1.18 bits per heavy atom. The number of H-pyrrole nitrogens is 1. The molecule has 0 radical (unpaired) electrons. The van der Waals surface area contributed by atoms with Crippen molar-refractivity contribution in [2.45, 2.75) is 0 Å². The minimum atomic E-state index is 0.914. The number of nitrogens with zero attached hydrogens (tertiary/aromatic N) is 2. The van der Waals surface area contributed by atoms with Crippen LogP contribution in [0.2, 0.25) is 0 Å². The molecule has 0 spiro atoms. The maximum atomic E-state index is 4.99. The Kier molecular flexibility index (Phi) is 4.78. The smallest absolute Gasteiger partial charge is 0.0715 e. The van der Waals surface area contributed by atoms with Crippen LogP contribution in [-0.2, 0) is 0 Å². The minimum Gasteiger partial charge on any atom is -0.354 e. The van der Waals surface area contributed by atoms with Crippen LogP contribution in [0.15, 0.2) is 109 Å². The summed E-state index contributed by atoms with van der Waals surface area (Å²) in [6.45, 7) is 0. The van der Waals surface area contributed by atoms with Gasteiger partial charge in [0.05, 0.1) is 17.1 Å². The van der Waals surface area contributed by atoms with Crippen LogP contribution >= 0.6 is 0 Å². The van der Waals surface area contributed by atoms with Gasteiger partial charge in [0.2, 0.25) is 0 Å². The van der Waals surface area contributed by atoms with Crippen molar-refractivity contribution in [1.29, 1.82) is 0 Å². The standard InChI is InChI=1S/C30H21N3/c1-2-13-24-21(9-1)10-7-16-25(24)28-17-8-12-23(32-28)20-30-27-15-4-3-14-26(27)29(33-30)19-22-11-5-6-18-31-22/h1-20,33H. The van der Waals surface area contributed by atoms with Crippen LogP contribution in [0.25, 0.3) is 45.0 Å². The Balaban J connectivity index is 1.51. The van der Waals surface area contributed by atoms with Gasteiger partial charge in [-0.1, -0.05) is 78.9 Å². The van der Waals surface area contributed by atoms with E-state index >= 15 is 0 Å². The van der Waals surface area contributed by atoms with E-state index in [0.717, 1.165) is 38.7 Å². The molecule has 0 unspecified atom stereocenters. The Labute approximate surface area is 191 Å². The van der Waals surface area contributed by atoms with Crippen molar-refractivity contribution >= 4 is 33.7 Å². The molecule has 3 heteroatoms. The summed E-state index contributed by atoms with van der Waals surface area (Å²) in [5, 5.41) is 6.84. The number of pyridine rings is 2. The van der Waals surface area contributed by atoms with Gasteiger partial charge in [0.25, 0.3) is 0 Å². The maximum Gasteiger partial charge on any atom is 0.0715 e. The number of benzene rings is 3. The first-order valence-electron chi connectivity index (χ1n) is 11.0. The van der Waals surface area contributed by atoms with Crippen LogP contribution in [0.4, 0.5) is 0 Å². The first-order chi connectivity index (χ1) is 16.3. The Bertz CT molecular complexity index is 1710. The summed E-state index contributed by atoms with van der Waals surface area (Å²) in [5.41, 5.74) is 3.95. The molecule has 0 fully saturated rings. The fourth-order valence-electron chi connectivity index (χ4n) is 4.35. The quantitative estimate of drug-likeness (QED) is 0.412. The summed E-state index contributed by atoms with van der Waals surface area (Å²) >= 11 is 0. The van der Waals surface area contributed by atoms with Crippen molar-refractivity contribution in [1.82, 2.24) is 15.0 Å². The number of hydrogen-bond donors (Lipinski definition) is 1. The van der Waals surface area contributed by atoms with Gasteiger partial charge in [-0.05, 0) is 47.2 Å². The Hall–Kier alpha value is -4.50. The first-order valence-corrected chi connectivity index (χ1v) is 11.0. The number of fused-ring (bicyclic) bond motifs is 2. The SMILES string of the molecule is C(c1ccccn1)=c1[nH]c(=Cc2cccc(-c3cccc4ccccc34)n2)c2ccccc12. The molecule has 6 aromatic rings. The van der Waals surface area contributed by atoms with E-state index < -0.39 is 0 Å². The largest absolute Gasteiger partial charge is 0.354 e. The topological polar surface area (TPSA) is 41.6 Å². The molecule has 0 saturated heterocycles. The highest BCUT2D eigenvalue weighted by molar-refractivity contribution is 5.95. The summed E-state index contributed by atoms with van der Waals surface area (Å²) in [5.74, 6) is 0.